The molecule has 2 aromatic carbocycles. The predicted molar refractivity (Wildman–Crippen MR) is 83.7 cm³/mol. The zero-order valence-electron chi connectivity index (χ0n) is 12.9. The number of hydrazone groups is 1. The molecule has 0 radical (unpaired) electrons. The van der Waals surface area contributed by atoms with E-state index in [1.165, 1.54) is 33.6 Å². The van der Waals surface area contributed by atoms with Gasteiger partial charge in [-0.3, -0.25) is 5.43 Å². The van der Waals surface area contributed by atoms with E-state index in [9.17, 15) is 8.78 Å². The van der Waals surface area contributed by atoms with Crippen LogP contribution in [0.25, 0.3) is 0 Å². The molecule has 0 aliphatic heterocycles. The first-order valence-corrected chi connectivity index (χ1v) is 6.63. The van der Waals surface area contributed by atoms with Gasteiger partial charge in [0.15, 0.2) is 17.3 Å². The molecule has 0 fully saturated rings. The quantitative estimate of drug-likeness (QED) is 0.654. The van der Waals surface area contributed by atoms with Gasteiger partial charge in [-0.25, -0.2) is 8.78 Å². The zero-order chi connectivity index (χ0) is 16.8. The molecule has 7 heteroatoms. The Morgan fingerprint density at radius 1 is 0.913 bits per heavy atom. The molecule has 0 amide bonds. The lowest BCUT2D eigenvalue weighted by atomic mass is 10.2. The van der Waals surface area contributed by atoms with E-state index in [1.54, 1.807) is 12.1 Å². The first-order chi connectivity index (χ1) is 11.1. The highest BCUT2D eigenvalue weighted by molar-refractivity contribution is 5.85. The number of hydrogen-bond acceptors (Lipinski definition) is 5. The van der Waals surface area contributed by atoms with Gasteiger partial charge in [-0.2, -0.15) is 5.10 Å². The van der Waals surface area contributed by atoms with Crippen molar-refractivity contribution in [2.45, 2.75) is 0 Å². The third kappa shape index (κ3) is 3.88. The fourth-order valence-corrected chi connectivity index (χ4v) is 1.91. The Bertz CT molecular complexity index is 721. The molecular weight excluding hydrogens is 306 g/mol. The van der Waals surface area contributed by atoms with Gasteiger partial charge in [0.1, 0.15) is 11.6 Å². The number of benzene rings is 2. The van der Waals surface area contributed by atoms with Gasteiger partial charge in [0.2, 0.25) is 0 Å². The van der Waals surface area contributed by atoms with Crippen molar-refractivity contribution >= 4 is 11.9 Å². The number of nitrogens with one attached hydrogen (secondary N) is 1. The summed E-state index contributed by atoms with van der Waals surface area (Å²) >= 11 is 0. The van der Waals surface area contributed by atoms with Crippen molar-refractivity contribution in [3.63, 3.8) is 0 Å². The Hall–Kier alpha value is -2.83. The summed E-state index contributed by atoms with van der Waals surface area (Å²) in [6.07, 6.45) is 1.43. The summed E-state index contributed by atoms with van der Waals surface area (Å²) < 4.78 is 42.0. The summed E-state index contributed by atoms with van der Waals surface area (Å²) in [5.74, 6) is 0.134. The molecule has 0 bridgehead atoms. The van der Waals surface area contributed by atoms with Gasteiger partial charge in [0, 0.05) is 17.7 Å². The van der Waals surface area contributed by atoms with Crippen LogP contribution in [0.3, 0.4) is 0 Å². The van der Waals surface area contributed by atoms with Crippen molar-refractivity contribution in [1.82, 2.24) is 0 Å². The Morgan fingerprint density at radius 3 is 2.17 bits per heavy atom. The SMILES string of the molecule is COc1cc(OC)c(OC)cc1/C=N/Nc1ccc(F)cc1F. The normalized spacial score (nSPS) is 10.7. The summed E-state index contributed by atoms with van der Waals surface area (Å²) in [7, 11) is 4.53. The van der Waals surface area contributed by atoms with Gasteiger partial charge < -0.3 is 14.2 Å². The van der Waals surface area contributed by atoms with E-state index in [0.717, 1.165) is 12.1 Å². The maximum Gasteiger partial charge on any atom is 0.164 e. The molecule has 0 atom stereocenters. The van der Waals surface area contributed by atoms with Crippen LogP contribution < -0.4 is 19.6 Å². The first kappa shape index (κ1) is 16.5. The van der Waals surface area contributed by atoms with Crippen molar-refractivity contribution in [2.75, 3.05) is 26.8 Å². The van der Waals surface area contributed by atoms with Gasteiger partial charge in [-0.15, -0.1) is 0 Å². The van der Waals surface area contributed by atoms with Gasteiger partial charge in [0.05, 0.1) is 33.2 Å². The molecule has 0 aliphatic rings. The summed E-state index contributed by atoms with van der Waals surface area (Å²) in [5.41, 5.74) is 3.16. The Labute approximate surface area is 132 Å². The van der Waals surface area contributed by atoms with Crippen LogP contribution in [0.4, 0.5) is 14.5 Å². The molecule has 5 nitrogen and oxygen atoms in total. The molecule has 122 valence electrons. The number of ether oxygens (including phenoxy) is 3. The number of hydrogen-bond donors (Lipinski definition) is 1. The van der Waals surface area contributed by atoms with E-state index in [0.29, 0.717) is 22.8 Å². The second-order valence-electron chi connectivity index (χ2n) is 4.44. The Balaban J connectivity index is 2.24. The molecular formula is C16H16F2N2O3. The Morgan fingerprint density at radius 2 is 1.57 bits per heavy atom. The van der Waals surface area contributed by atoms with E-state index < -0.39 is 11.6 Å². The van der Waals surface area contributed by atoms with Crippen molar-refractivity contribution in [2.24, 2.45) is 5.10 Å². The van der Waals surface area contributed by atoms with E-state index in [4.69, 9.17) is 14.2 Å². The standard InChI is InChI=1S/C16H16F2N2O3/c1-21-14-8-16(23-3)15(22-2)6-10(14)9-19-20-13-5-4-11(17)7-12(13)18/h4-9,20H,1-3H3/b19-9+. The number of halogens is 2. The molecule has 1 N–H and O–H groups in total. The third-order valence-electron chi connectivity index (χ3n) is 3.06. The molecule has 0 aliphatic carbocycles. The molecule has 2 aromatic rings. The van der Waals surface area contributed by atoms with E-state index >= 15 is 0 Å². The highest BCUT2D eigenvalue weighted by Gasteiger charge is 2.10. The minimum absolute atomic E-state index is 0.0575. The van der Waals surface area contributed by atoms with E-state index in [2.05, 4.69) is 10.5 Å². The van der Waals surface area contributed by atoms with Crippen LogP contribution in [-0.4, -0.2) is 27.5 Å². The van der Waals surface area contributed by atoms with Crippen LogP contribution in [0.15, 0.2) is 35.4 Å². The van der Waals surface area contributed by atoms with Crippen molar-refractivity contribution < 1.29 is 23.0 Å². The largest absolute Gasteiger partial charge is 0.496 e. The minimum atomic E-state index is -0.735. The third-order valence-corrected chi connectivity index (χ3v) is 3.06. The molecule has 0 heterocycles. The fourth-order valence-electron chi connectivity index (χ4n) is 1.91. The second kappa shape index (κ2) is 7.44. The highest BCUT2D eigenvalue weighted by Crippen LogP contribution is 2.33. The highest BCUT2D eigenvalue weighted by atomic mass is 19.1. The van der Waals surface area contributed by atoms with Crippen molar-refractivity contribution in [3.8, 4) is 17.2 Å². The topological polar surface area (TPSA) is 52.1 Å². The lowest BCUT2D eigenvalue weighted by Gasteiger charge is -2.11. The number of nitrogens with zero attached hydrogens (tertiary/aromatic N) is 1. The maximum atomic E-state index is 13.5. The van der Waals surface area contributed by atoms with Gasteiger partial charge in [-0.05, 0) is 18.2 Å². The predicted octanol–water partition coefficient (Wildman–Crippen LogP) is 3.44. The first-order valence-electron chi connectivity index (χ1n) is 6.63. The number of rotatable bonds is 6. The van der Waals surface area contributed by atoms with E-state index in [-0.39, 0.29) is 5.69 Å². The molecule has 0 spiro atoms. The lowest BCUT2D eigenvalue weighted by molar-refractivity contribution is 0.349. The Kier molecular flexibility index (Phi) is 5.35. The molecule has 2 rings (SSSR count). The van der Waals surface area contributed by atoms with Crippen LogP contribution in [0.5, 0.6) is 17.2 Å². The average Bonchev–Trinajstić information content (AvgIpc) is 2.56. The second-order valence-corrected chi connectivity index (χ2v) is 4.44. The summed E-state index contributed by atoms with van der Waals surface area (Å²) in [6, 6.07) is 6.49. The molecule has 23 heavy (non-hydrogen) atoms. The maximum absolute atomic E-state index is 13.5. The van der Waals surface area contributed by atoms with Crippen LogP contribution in [-0.2, 0) is 0 Å². The summed E-state index contributed by atoms with van der Waals surface area (Å²) in [5, 5.41) is 3.93. The van der Waals surface area contributed by atoms with Crippen molar-refractivity contribution in [1.29, 1.82) is 0 Å². The van der Waals surface area contributed by atoms with Crippen LogP contribution in [0.1, 0.15) is 5.56 Å². The monoisotopic (exact) mass is 322 g/mol. The summed E-state index contributed by atoms with van der Waals surface area (Å²) in [4.78, 5) is 0. The number of anilines is 1. The van der Waals surface area contributed by atoms with Crippen LogP contribution in [0, 0.1) is 11.6 Å². The van der Waals surface area contributed by atoms with Gasteiger partial charge in [0.25, 0.3) is 0 Å². The lowest BCUT2D eigenvalue weighted by Crippen LogP contribution is -1.98. The number of methoxy groups -OCH3 is 3. The van der Waals surface area contributed by atoms with Gasteiger partial charge in [-0.1, -0.05) is 0 Å². The van der Waals surface area contributed by atoms with Gasteiger partial charge >= 0.3 is 0 Å². The molecule has 0 saturated heterocycles. The van der Waals surface area contributed by atoms with Crippen LogP contribution >= 0.6 is 0 Å². The summed E-state index contributed by atoms with van der Waals surface area (Å²) in [6.45, 7) is 0. The molecule has 0 unspecified atom stereocenters. The molecule has 0 aromatic heterocycles. The minimum Gasteiger partial charge on any atom is -0.496 e. The van der Waals surface area contributed by atoms with Crippen molar-refractivity contribution in [3.05, 3.63) is 47.5 Å². The molecule has 0 saturated carbocycles. The van der Waals surface area contributed by atoms with E-state index in [1.807, 2.05) is 0 Å². The average molecular weight is 322 g/mol. The zero-order valence-corrected chi connectivity index (χ0v) is 12.9. The fraction of sp³-hybridized carbons (Fsp3) is 0.188. The van der Waals surface area contributed by atoms with Crippen LogP contribution in [0.2, 0.25) is 0 Å². The smallest absolute Gasteiger partial charge is 0.164 e.